The summed E-state index contributed by atoms with van der Waals surface area (Å²) in [7, 11) is 0. The number of rotatable bonds is 7. The number of aliphatic imine (C=N–C) groups is 2. The Balaban J connectivity index is 1.12. The molecule has 10 aromatic rings. The van der Waals surface area contributed by atoms with E-state index in [4.69, 9.17) is 14.4 Å². The highest BCUT2D eigenvalue weighted by Gasteiger charge is 2.36. The first kappa shape index (κ1) is 39.3. The summed E-state index contributed by atoms with van der Waals surface area (Å²) >= 11 is 0. The maximum absolute atomic E-state index is 7.30. The number of allylic oxidation sites excluding steroid dienone is 4. The molecule has 67 heavy (non-hydrogen) atoms. The van der Waals surface area contributed by atoms with Crippen LogP contribution in [0.3, 0.4) is 0 Å². The molecule has 2 aliphatic carbocycles. The quantitative estimate of drug-likeness (QED) is 0.157. The van der Waals surface area contributed by atoms with Crippen molar-refractivity contribution in [3.05, 3.63) is 233 Å². The smallest absolute Gasteiger partial charge is 0.155 e. The molecule has 8 aromatic carbocycles. The molecular weight excluding hydrogens is 815 g/mol. The van der Waals surface area contributed by atoms with Crippen molar-refractivity contribution < 1.29 is 4.42 Å². The van der Waals surface area contributed by atoms with E-state index >= 15 is 0 Å². The molecule has 2 aromatic heterocycles. The fourth-order valence-corrected chi connectivity index (χ4v) is 11.3. The number of para-hydroxylation sites is 2. The molecule has 0 fully saturated rings. The maximum Gasteiger partial charge on any atom is 0.155 e. The second kappa shape index (κ2) is 15.8. The number of hydrogen-bond donors (Lipinski definition) is 0. The lowest BCUT2D eigenvalue weighted by molar-refractivity contribution is 0.532. The molecule has 0 bridgehead atoms. The Hall–Kier alpha value is -8.08. The Kier molecular flexibility index (Phi) is 9.28. The van der Waals surface area contributed by atoms with E-state index in [1.807, 2.05) is 0 Å². The third-order valence-electron chi connectivity index (χ3n) is 14.5. The lowest BCUT2D eigenvalue weighted by Crippen LogP contribution is -2.34. The van der Waals surface area contributed by atoms with Gasteiger partial charge in [0.05, 0.1) is 33.7 Å². The monoisotopic (exact) mass is 861 g/mol. The van der Waals surface area contributed by atoms with Gasteiger partial charge in [-0.15, -0.1) is 0 Å². The summed E-state index contributed by atoms with van der Waals surface area (Å²) in [6, 6.07) is 65.1. The van der Waals surface area contributed by atoms with Crippen molar-refractivity contribution in [2.24, 2.45) is 27.7 Å². The second-order valence-electron chi connectivity index (χ2n) is 18.3. The van der Waals surface area contributed by atoms with Crippen LogP contribution in [0.5, 0.6) is 0 Å². The summed E-state index contributed by atoms with van der Waals surface area (Å²) in [4.78, 5) is 11.5. The fourth-order valence-electron chi connectivity index (χ4n) is 11.3. The molecule has 0 saturated carbocycles. The zero-order chi connectivity index (χ0) is 44.6. The minimum absolute atomic E-state index is 0.0638. The highest BCUT2D eigenvalue weighted by molar-refractivity contribution is 6.30. The summed E-state index contributed by atoms with van der Waals surface area (Å²) in [6.45, 7) is 4.61. The Morgan fingerprint density at radius 3 is 2.03 bits per heavy atom. The predicted octanol–water partition coefficient (Wildman–Crippen LogP) is 14.4. The van der Waals surface area contributed by atoms with E-state index in [1.54, 1.807) is 0 Å². The summed E-state index contributed by atoms with van der Waals surface area (Å²) in [5.74, 6) is 1.40. The van der Waals surface area contributed by atoms with Crippen LogP contribution in [0.2, 0.25) is 0 Å². The number of aromatic nitrogens is 1. The first-order valence-corrected chi connectivity index (χ1v) is 23.7. The van der Waals surface area contributed by atoms with Gasteiger partial charge < -0.3 is 8.98 Å². The third-order valence-corrected chi connectivity index (χ3v) is 14.5. The average Bonchev–Trinajstić information content (AvgIpc) is 3.93. The standard InChI is InChI=1S/C63H47N3O/c1-3-47-59(45-27-17-24-42(35-45)40-20-6-4-7-21-40)64-63(46-28-18-25-43(36-46)41-22-8-5-9-23-41)65-60(47)57-49-30-10-11-31-50(49)61(58-51-32-13-15-34-56(51)67-62(57)58)66-54-33-14-12-29-48(54)53-38-52-39(2)19-16-26-44(52)37-55(53)66/h4-39,47,52,59H,3H2,1-2H3. The summed E-state index contributed by atoms with van der Waals surface area (Å²) in [5.41, 5.74) is 14.2. The number of amidine groups is 1. The van der Waals surface area contributed by atoms with Gasteiger partial charge in [0.1, 0.15) is 11.2 Å². The fraction of sp³-hybridized carbons (Fsp3) is 0.111. The number of nitrogens with zero attached hydrogens (tertiary/aromatic N) is 3. The van der Waals surface area contributed by atoms with Crippen LogP contribution in [0.15, 0.2) is 220 Å². The molecule has 4 unspecified atom stereocenters. The van der Waals surface area contributed by atoms with E-state index in [9.17, 15) is 0 Å². The van der Waals surface area contributed by atoms with Gasteiger partial charge in [-0.2, -0.15) is 0 Å². The van der Waals surface area contributed by atoms with Gasteiger partial charge in [-0.05, 0) is 81.5 Å². The molecule has 0 N–H and O–H groups in total. The zero-order valence-corrected chi connectivity index (χ0v) is 37.5. The van der Waals surface area contributed by atoms with Gasteiger partial charge in [0, 0.05) is 44.3 Å². The molecule has 4 heteroatoms. The highest BCUT2D eigenvalue weighted by atomic mass is 16.3. The van der Waals surface area contributed by atoms with Crippen LogP contribution in [0.1, 0.15) is 43.0 Å². The van der Waals surface area contributed by atoms with Gasteiger partial charge in [0.25, 0.3) is 0 Å². The van der Waals surface area contributed by atoms with Crippen LogP contribution >= 0.6 is 0 Å². The van der Waals surface area contributed by atoms with Gasteiger partial charge in [0.15, 0.2) is 5.84 Å². The number of furan rings is 1. The molecule has 4 nitrogen and oxygen atoms in total. The van der Waals surface area contributed by atoms with Crippen molar-refractivity contribution >= 4 is 67.3 Å². The predicted molar refractivity (Wildman–Crippen MR) is 279 cm³/mol. The van der Waals surface area contributed by atoms with Gasteiger partial charge in [-0.1, -0.05) is 196 Å². The zero-order valence-electron chi connectivity index (χ0n) is 37.5. The van der Waals surface area contributed by atoms with E-state index in [0.29, 0.717) is 11.8 Å². The van der Waals surface area contributed by atoms with E-state index < -0.39 is 0 Å². The number of hydrogen-bond acceptors (Lipinski definition) is 3. The highest BCUT2D eigenvalue weighted by Crippen LogP contribution is 2.46. The van der Waals surface area contributed by atoms with Crippen LogP contribution in [0.4, 0.5) is 0 Å². The normalized spacial score (nSPS) is 18.8. The van der Waals surface area contributed by atoms with Crippen LogP contribution in [0, 0.1) is 17.8 Å². The average molecular weight is 862 g/mol. The molecule has 3 aliphatic rings. The van der Waals surface area contributed by atoms with Gasteiger partial charge in [-0.3, -0.25) is 4.99 Å². The van der Waals surface area contributed by atoms with Crippen molar-refractivity contribution in [1.82, 2.24) is 4.57 Å². The second-order valence-corrected chi connectivity index (χ2v) is 18.3. The molecular formula is C63H47N3O. The van der Waals surface area contributed by atoms with E-state index in [1.165, 1.54) is 38.2 Å². The van der Waals surface area contributed by atoms with Crippen molar-refractivity contribution in [3.8, 4) is 27.9 Å². The van der Waals surface area contributed by atoms with E-state index in [0.717, 1.165) is 84.2 Å². The molecule has 320 valence electrons. The summed E-state index contributed by atoms with van der Waals surface area (Å²) in [6.07, 6.45) is 12.6. The van der Waals surface area contributed by atoms with Crippen LogP contribution < -0.4 is 10.6 Å². The third kappa shape index (κ3) is 6.35. The first-order valence-electron chi connectivity index (χ1n) is 23.7. The topological polar surface area (TPSA) is 42.8 Å². The van der Waals surface area contributed by atoms with E-state index in [2.05, 4.69) is 231 Å². The minimum atomic E-state index is -0.215. The van der Waals surface area contributed by atoms with Crippen molar-refractivity contribution in [2.45, 2.75) is 26.3 Å². The minimum Gasteiger partial charge on any atom is -0.455 e. The van der Waals surface area contributed by atoms with Crippen LogP contribution in [0.25, 0.3) is 83.7 Å². The molecule has 0 spiro atoms. The van der Waals surface area contributed by atoms with E-state index in [-0.39, 0.29) is 12.0 Å². The summed E-state index contributed by atoms with van der Waals surface area (Å²) < 4.78 is 9.82. The van der Waals surface area contributed by atoms with Crippen LogP contribution in [-0.4, -0.2) is 16.1 Å². The van der Waals surface area contributed by atoms with Crippen molar-refractivity contribution in [1.29, 1.82) is 0 Å². The Morgan fingerprint density at radius 2 is 1.25 bits per heavy atom. The largest absolute Gasteiger partial charge is 0.455 e. The van der Waals surface area contributed by atoms with Crippen molar-refractivity contribution in [3.63, 3.8) is 0 Å². The molecule has 13 rings (SSSR count). The Morgan fingerprint density at radius 1 is 0.612 bits per heavy atom. The van der Waals surface area contributed by atoms with Gasteiger partial charge in [-0.25, -0.2) is 4.99 Å². The molecule has 4 atom stereocenters. The summed E-state index contributed by atoms with van der Waals surface area (Å²) in [5, 5.41) is 8.17. The lowest BCUT2D eigenvalue weighted by atomic mass is 9.80. The van der Waals surface area contributed by atoms with Crippen LogP contribution in [-0.2, 0) is 0 Å². The molecule has 0 radical (unpaired) electrons. The Labute approximate surface area is 389 Å². The number of fused-ring (bicyclic) bond motifs is 8. The van der Waals surface area contributed by atoms with Gasteiger partial charge in [0.2, 0.25) is 0 Å². The lowest BCUT2D eigenvalue weighted by Gasteiger charge is -2.31. The first-order chi connectivity index (χ1) is 33.1. The molecule has 0 saturated heterocycles. The molecule has 0 amide bonds. The van der Waals surface area contributed by atoms with Crippen molar-refractivity contribution in [2.75, 3.05) is 0 Å². The Bertz CT molecular complexity index is 3880. The molecule has 1 aliphatic heterocycles. The SMILES string of the molecule is CCC1C(c2c3ccccc3c(-n3c4c(c5ccccc53)=CC3C(=CC=CC3C)C=4)c3c2oc2ccccc23)=NC(c2cccc(-c3ccccc3)c2)=NC1c1cccc(-c2ccccc2)c1. The number of benzene rings is 8. The maximum atomic E-state index is 7.30. The van der Waals surface area contributed by atoms with Gasteiger partial charge >= 0.3 is 0 Å². The molecule has 3 heterocycles.